The molecule has 0 radical (unpaired) electrons. The van der Waals surface area contributed by atoms with Gasteiger partial charge in [-0.1, -0.05) is 29.8 Å². The molecule has 7 nitrogen and oxygen atoms in total. The van der Waals surface area contributed by atoms with Crippen LogP contribution < -0.4 is 5.32 Å². The molecule has 3 N–H and O–H groups in total. The number of nitrogens with zero attached hydrogens (tertiary/aromatic N) is 3. The molecule has 3 heterocycles. The maximum absolute atomic E-state index is 11.1. The van der Waals surface area contributed by atoms with E-state index in [1.807, 2.05) is 31.2 Å². The summed E-state index contributed by atoms with van der Waals surface area (Å²) in [6.07, 6.45) is 0. The molecule has 4 aromatic rings. The van der Waals surface area contributed by atoms with Crippen molar-refractivity contribution in [2.75, 3.05) is 13.7 Å². The van der Waals surface area contributed by atoms with Gasteiger partial charge in [0.25, 0.3) is 0 Å². The SMILES string of the molecule is COCCn1nc(-c2ccc(C)cc2)c(O)c1-c1nc2cc3c(cc2[nH]1)CNC3. The van der Waals surface area contributed by atoms with E-state index in [-0.39, 0.29) is 5.75 Å². The van der Waals surface area contributed by atoms with Crippen molar-refractivity contribution in [1.29, 1.82) is 0 Å². The number of H-pyrrole nitrogens is 1. The summed E-state index contributed by atoms with van der Waals surface area (Å²) in [6.45, 7) is 4.77. The average Bonchev–Trinajstić information content (AvgIpc) is 3.41. The number of ether oxygens (including phenoxy) is 1. The molecule has 29 heavy (non-hydrogen) atoms. The third-order valence-electron chi connectivity index (χ3n) is 5.42. The van der Waals surface area contributed by atoms with Gasteiger partial charge in [-0.05, 0) is 30.2 Å². The molecule has 2 aromatic carbocycles. The molecule has 7 heteroatoms. The van der Waals surface area contributed by atoms with Crippen LogP contribution in [0.2, 0.25) is 0 Å². The zero-order valence-corrected chi connectivity index (χ0v) is 16.5. The molecule has 0 bridgehead atoms. The molecule has 0 atom stereocenters. The third kappa shape index (κ3) is 3.08. The zero-order valence-electron chi connectivity index (χ0n) is 16.5. The fourth-order valence-corrected chi connectivity index (χ4v) is 3.85. The highest BCUT2D eigenvalue weighted by Crippen LogP contribution is 2.38. The molecule has 1 aliphatic rings. The second-order valence-corrected chi connectivity index (χ2v) is 7.45. The maximum Gasteiger partial charge on any atom is 0.173 e. The number of aromatic nitrogens is 4. The predicted molar refractivity (Wildman–Crippen MR) is 112 cm³/mol. The van der Waals surface area contributed by atoms with E-state index in [9.17, 15) is 5.11 Å². The van der Waals surface area contributed by atoms with E-state index in [4.69, 9.17) is 9.72 Å². The summed E-state index contributed by atoms with van der Waals surface area (Å²) in [5.41, 5.74) is 7.55. The smallest absolute Gasteiger partial charge is 0.173 e. The van der Waals surface area contributed by atoms with Crippen molar-refractivity contribution in [1.82, 2.24) is 25.1 Å². The monoisotopic (exact) mass is 389 g/mol. The van der Waals surface area contributed by atoms with Crippen LogP contribution in [0.3, 0.4) is 0 Å². The molecule has 0 saturated carbocycles. The summed E-state index contributed by atoms with van der Waals surface area (Å²) in [4.78, 5) is 8.14. The van der Waals surface area contributed by atoms with Crippen LogP contribution in [-0.4, -0.2) is 38.6 Å². The van der Waals surface area contributed by atoms with E-state index >= 15 is 0 Å². The number of benzene rings is 2. The topological polar surface area (TPSA) is 88.0 Å². The van der Waals surface area contributed by atoms with Crippen molar-refractivity contribution < 1.29 is 9.84 Å². The summed E-state index contributed by atoms with van der Waals surface area (Å²) in [7, 11) is 1.65. The Hall–Kier alpha value is -3.16. The summed E-state index contributed by atoms with van der Waals surface area (Å²) < 4.78 is 7.00. The molecule has 1 aliphatic heterocycles. The van der Waals surface area contributed by atoms with Crippen molar-refractivity contribution in [2.24, 2.45) is 0 Å². The van der Waals surface area contributed by atoms with Crippen LogP contribution in [0.5, 0.6) is 5.75 Å². The van der Waals surface area contributed by atoms with Crippen LogP contribution in [0.15, 0.2) is 36.4 Å². The fraction of sp³-hybridized carbons (Fsp3) is 0.273. The largest absolute Gasteiger partial charge is 0.504 e. The van der Waals surface area contributed by atoms with Crippen LogP contribution in [0.4, 0.5) is 0 Å². The van der Waals surface area contributed by atoms with Gasteiger partial charge in [-0.3, -0.25) is 4.68 Å². The summed E-state index contributed by atoms with van der Waals surface area (Å²) >= 11 is 0. The lowest BCUT2D eigenvalue weighted by atomic mass is 10.1. The minimum absolute atomic E-state index is 0.123. The molecular formula is C22H23N5O2. The third-order valence-corrected chi connectivity index (χ3v) is 5.42. The molecule has 0 spiro atoms. The molecule has 148 valence electrons. The van der Waals surface area contributed by atoms with Gasteiger partial charge in [0, 0.05) is 25.8 Å². The van der Waals surface area contributed by atoms with E-state index in [0.29, 0.717) is 30.4 Å². The highest BCUT2D eigenvalue weighted by atomic mass is 16.5. The van der Waals surface area contributed by atoms with Crippen LogP contribution >= 0.6 is 0 Å². The molecule has 0 saturated heterocycles. The van der Waals surface area contributed by atoms with E-state index in [0.717, 1.165) is 35.2 Å². The van der Waals surface area contributed by atoms with Gasteiger partial charge in [-0.25, -0.2) is 4.98 Å². The van der Waals surface area contributed by atoms with E-state index in [1.165, 1.54) is 11.1 Å². The maximum atomic E-state index is 11.1. The van der Waals surface area contributed by atoms with Crippen molar-refractivity contribution in [3.63, 3.8) is 0 Å². The van der Waals surface area contributed by atoms with E-state index in [1.54, 1.807) is 11.8 Å². The van der Waals surface area contributed by atoms with Crippen molar-refractivity contribution in [2.45, 2.75) is 26.6 Å². The lowest BCUT2D eigenvalue weighted by Crippen LogP contribution is -2.08. The first-order valence-electron chi connectivity index (χ1n) is 9.72. The van der Waals surface area contributed by atoms with E-state index in [2.05, 4.69) is 27.5 Å². The van der Waals surface area contributed by atoms with Gasteiger partial charge in [0.15, 0.2) is 11.6 Å². The number of nitrogens with one attached hydrogen (secondary N) is 2. The molecule has 0 aliphatic carbocycles. The van der Waals surface area contributed by atoms with Crippen molar-refractivity contribution in [3.8, 4) is 28.5 Å². The molecule has 0 fully saturated rings. The normalized spacial score (nSPS) is 13.3. The molecule has 0 amide bonds. The Kier molecular flexibility index (Phi) is 4.34. The Bertz CT molecular complexity index is 1150. The van der Waals surface area contributed by atoms with Gasteiger partial charge in [0.2, 0.25) is 0 Å². The predicted octanol–water partition coefficient (Wildman–Crippen LogP) is 3.36. The Morgan fingerprint density at radius 3 is 2.66 bits per heavy atom. The first kappa shape index (κ1) is 17.9. The van der Waals surface area contributed by atoms with Gasteiger partial charge in [0.05, 0.1) is 24.2 Å². The standard InChI is InChI=1S/C22H23N5O2/c1-13-3-5-14(6-4-13)19-21(28)20(27(26-19)7-8-29-2)22-24-17-9-15-11-23-12-16(15)10-18(17)25-22/h3-6,9-10,23,28H,7-8,11-12H2,1-2H3,(H,24,25). The Morgan fingerprint density at radius 2 is 1.90 bits per heavy atom. The number of aryl methyl sites for hydroxylation is 1. The quantitative estimate of drug-likeness (QED) is 0.487. The number of hydrogen-bond donors (Lipinski definition) is 3. The van der Waals surface area contributed by atoms with E-state index < -0.39 is 0 Å². The molecule has 2 aromatic heterocycles. The first-order chi connectivity index (χ1) is 14.1. The fourth-order valence-electron chi connectivity index (χ4n) is 3.85. The van der Waals surface area contributed by atoms with Gasteiger partial charge in [0.1, 0.15) is 11.4 Å². The highest BCUT2D eigenvalue weighted by molar-refractivity contribution is 5.83. The van der Waals surface area contributed by atoms with Crippen molar-refractivity contribution >= 4 is 11.0 Å². The number of hydrogen-bond acceptors (Lipinski definition) is 5. The van der Waals surface area contributed by atoms with Crippen LogP contribution in [0.1, 0.15) is 16.7 Å². The number of fused-ring (bicyclic) bond motifs is 2. The molecular weight excluding hydrogens is 366 g/mol. The second kappa shape index (κ2) is 7.02. The van der Waals surface area contributed by atoms with Crippen LogP contribution in [-0.2, 0) is 24.4 Å². The number of rotatable bonds is 5. The summed E-state index contributed by atoms with van der Waals surface area (Å²) in [5, 5.41) is 19.1. The minimum atomic E-state index is 0.123. The van der Waals surface area contributed by atoms with Crippen molar-refractivity contribution in [3.05, 3.63) is 53.1 Å². The molecule has 5 rings (SSSR count). The van der Waals surface area contributed by atoms with Gasteiger partial charge < -0.3 is 20.1 Å². The number of aromatic amines is 1. The minimum Gasteiger partial charge on any atom is -0.504 e. The lowest BCUT2D eigenvalue weighted by Gasteiger charge is -2.04. The van der Waals surface area contributed by atoms with Crippen LogP contribution in [0, 0.1) is 6.92 Å². The lowest BCUT2D eigenvalue weighted by molar-refractivity contribution is 0.184. The first-order valence-corrected chi connectivity index (χ1v) is 9.72. The van der Waals surface area contributed by atoms with Gasteiger partial charge in [-0.2, -0.15) is 5.10 Å². The number of imidazole rings is 1. The zero-order chi connectivity index (χ0) is 20.0. The van der Waals surface area contributed by atoms with Crippen LogP contribution in [0.25, 0.3) is 33.8 Å². The summed E-state index contributed by atoms with van der Waals surface area (Å²) in [6, 6.07) is 12.2. The Morgan fingerprint density at radius 1 is 1.14 bits per heavy atom. The second-order valence-electron chi connectivity index (χ2n) is 7.45. The number of aromatic hydroxyl groups is 1. The van der Waals surface area contributed by atoms with Gasteiger partial charge in [-0.15, -0.1) is 0 Å². The Labute approximate surface area is 168 Å². The molecule has 0 unspecified atom stereocenters. The summed E-state index contributed by atoms with van der Waals surface area (Å²) in [5.74, 6) is 0.731. The highest BCUT2D eigenvalue weighted by Gasteiger charge is 2.23. The Balaban J connectivity index is 1.64. The number of methoxy groups -OCH3 is 1. The average molecular weight is 389 g/mol. The van der Waals surface area contributed by atoms with Gasteiger partial charge >= 0.3 is 0 Å².